The Morgan fingerprint density at radius 3 is 2.14 bits per heavy atom. The van der Waals surface area contributed by atoms with E-state index >= 15 is 0 Å². The molecule has 2 amide bonds. The third-order valence-corrected chi connectivity index (χ3v) is 6.57. The second kappa shape index (κ2) is 13.1. The van der Waals surface area contributed by atoms with E-state index in [0.717, 1.165) is 22.3 Å². The SMILES string of the molecule is Cc1ccc(CN(C(=O)CSCc2ccc(F)cc2)C(Cc2ccccc2)C(=O)NC(C)C)cc1. The van der Waals surface area contributed by atoms with Crippen LogP contribution in [0.2, 0.25) is 0 Å². The van der Waals surface area contributed by atoms with Crippen molar-refractivity contribution in [1.82, 2.24) is 10.2 Å². The molecular formula is C29H33FN2O2S. The molecule has 3 aromatic rings. The number of carbonyl (C=O) groups is 2. The summed E-state index contributed by atoms with van der Waals surface area (Å²) in [5, 5.41) is 3.01. The zero-order valence-corrected chi connectivity index (χ0v) is 21.4. The summed E-state index contributed by atoms with van der Waals surface area (Å²) in [7, 11) is 0. The second-order valence-corrected chi connectivity index (χ2v) is 9.98. The number of thioether (sulfide) groups is 1. The standard InChI is InChI=1S/C29H33FN2O2S/c1-21(2)31-29(34)27(17-23-7-5-4-6-8-23)32(18-24-11-9-22(3)10-12-24)28(33)20-35-19-25-13-15-26(30)16-14-25/h4-16,21,27H,17-20H2,1-3H3,(H,31,34). The zero-order chi connectivity index (χ0) is 25.2. The van der Waals surface area contributed by atoms with Crippen LogP contribution in [0.5, 0.6) is 0 Å². The highest BCUT2D eigenvalue weighted by atomic mass is 32.2. The van der Waals surface area contributed by atoms with Crippen LogP contribution in [0.4, 0.5) is 4.39 Å². The Bertz CT molecular complexity index is 1090. The normalized spacial score (nSPS) is 11.8. The van der Waals surface area contributed by atoms with Gasteiger partial charge in [-0.3, -0.25) is 9.59 Å². The van der Waals surface area contributed by atoms with Gasteiger partial charge in [0, 0.05) is 24.8 Å². The fourth-order valence-corrected chi connectivity index (χ4v) is 4.62. The van der Waals surface area contributed by atoms with E-state index in [2.05, 4.69) is 5.32 Å². The van der Waals surface area contributed by atoms with Crippen molar-refractivity contribution in [2.75, 3.05) is 5.75 Å². The van der Waals surface area contributed by atoms with Gasteiger partial charge in [-0.15, -0.1) is 11.8 Å². The van der Waals surface area contributed by atoms with Crippen molar-refractivity contribution in [2.24, 2.45) is 0 Å². The van der Waals surface area contributed by atoms with Crippen molar-refractivity contribution >= 4 is 23.6 Å². The summed E-state index contributed by atoms with van der Waals surface area (Å²) in [4.78, 5) is 28.6. The Morgan fingerprint density at radius 1 is 0.886 bits per heavy atom. The molecule has 3 rings (SSSR count). The minimum Gasteiger partial charge on any atom is -0.352 e. The molecule has 0 saturated carbocycles. The lowest BCUT2D eigenvalue weighted by molar-refractivity contribution is -0.139. The van der Waals surface area contributed by atoms with E-state index in [0.29, 0.717) is 18.7 Å². The first-order chi connectivity index (χ1) is 16.8. The molecule has 0 aliphatic rings. The Hall–Kier alpha value is -3.12. The van der Waals surface area contributed by atoms with Crippen LogP contribution in [0.15, 0.2) is 78.9 Å². The lowest BCUT2D eigenvalue weighted by atomic mass is 10.0. The van der Waals surface area contributed by atoms with E-state index in [9.17, 15) is 14.0 Å². The summed E-state index contributed by atoms with van der Waals surface area (Å²) in [6, 6.07) is 23.4. The fourth-order valence-electron chi connectivity index (χ4n) is 3.74. The topological polar surface area (TPSA) is 49.4 Å². The molecule has 0 aliphatic carbocycles. The van der Waals surface area contributed by atoms with Crippen molar-refractivity contribution in [3.63, 3.8) is 0 Å². The molecule has 1 N–H and O–H groups in total. The summed E-state index contributed by atoms with van der Waals surface area (Å²) in [5.74, 6) is 0.277. The van der Waals surface area contributed by atoms with Crippen LogP contribution in [0.25, 0.3) is 0 Å². The first-order valence-corrected chi connectivity index (χ1v) is 13.0. The summed E-state index contributed by atoms with van der Waals surface area (Å²) >= 11 is 1.47. The van der Waals surface area contributed by atoms with Crippen molar-refractivity contribution in [1.29, 1.82) is 0 Å². The van der Waals surface area contributed by atoms with Gasteiger partial charge in [0.25, 0.3) is 0 Å². The zero-order valence-electron chi connectivity index (χ0n) is 20.5. The molecule has 1 unspecified atom stereocenters. The lowest BCUT2D eigenvalue weighted by Crippen LogP contribution is -2.52. The molecule has 3 aromatic carbocycles. The molecule has 0 spiro atoms. The smallest absolute Gasteiger partial charge is 0.243 e. The lowest BCUT2D eigenvalue weighted by Gasteiger charge is -2.32. The van der Waals surface area contributed by atoms with Crippen LogP contribution in [-0.2, 0) is 28.3 Å². The van der Waals surface area contributed by atoms with E-state index in [-0.39, 0.29) is 29.4 Å². The number of hydrogen-bond acceptors (Lipinski definition) is 3. The maximum absolute atomic E-state index is 13.5. The second-order valence-electron chi connectivity index (χ2n) is 9.00. The van der Waals surface area contributed by atoms with E-state index in [1.165, 1.54) is 23.9 Å². The van der Waals surface area contributed by atoms with Gasteiger partial charge >= 0.3 is 0 Å². The predicted octanol–water partition coefficient (Wildman–Crippen LogP) is 5.53. The van der Waals surface area contributed by atoms with Crippen molar-refractivity contribution in [3.8, 4) is 0 Å². The van der Waals surface area contributed by atoms with E-state index in [4.69, 9.17) is 0 Å². The Morgan fingerprint density at radius 2 is 1.51 bits per heavy atom. The van der Waals surface area contributed by atoms with Gasteiger partial charge < -0.3 is 10.2 Å². The van der Waals surface area contributed by atoms with Gasteiger partial charge in [0.2, 0.25) is 11.8 Å². The van der Waals surface area contributed by atoms with Crippen LogP contribution in [0.1, 0.15) is 36.1 Å². The van der Waals surface area contributed by atoms with Crippen LogP contribution < -0.4 is 5.32 Å². The molecule has 1 atom stereocenters. The number of aryl methyl sites for hydroxylation is 1. The van der Waals surface area contributed by atoms with E-state index in [1.807, 2.05) is 75.4 Å². The highest BCUT2D eigenvalue weighted by Gasteiger charge is 2.30. The maximum Gasteiger partial charge on any atom is 0.243 e. The minimum atomic E-state index is -0.639. The average Bonchev–Trinajstić information content (AvgIpc) is 2.84. The largest absolute Gasteiger partial charge is 0.352 e. The summed E-state index contributed by atoms with van der Waals surface area (Å²) < 4.78 is 13.2. The van der Waals surface area contributed by atoms with Gasteiger partial charge in [-0.25, -0.2) is 4.39 Å². The number of carbonyl (C=O) groups excluding carboxylic acids is 2. The molecule has 0 bridgehead atoms. The summed E-state index contributed by atoms with van der Waals surface area (Å²) in [6.07, 6.45) is 0.430. The molecule has 0 aromatic heterocycles. The van der Waals surface area contributed by atoms with Gasteiger partial charge in [-0.1, -0.05) is 72.3 Å². The first kappa shape index (κ1) is 26.5. The molecule has 4 nitrogen and oxygen atoms in total. The number of halogens is 1. The van der Waals surface area contributed by atoms with Crippen LogP contribution in [0.3, 0.4) is 0 Å². The van der Waals surface area contributed by atoms with Crippen LogP contribution in [-0.4, -0.2) is 34.6 Å². The van der Waals surface area contributed by atoms with Gasteiger partial charge in [0.05, 0.1) is 5.75 Å². The quantitative estimate of drug-likeness (QED) is 0.383. The molecule has 35 heavy (non-hydrogen) atoms. The van der Waals surface area contributed by atoms with Crippen molar-refractivity contribution in [3.05, 3.63) is 107 Å². The van der Waals surface area contributed by atoms with Crippen molar-refractivity contribution < 1.29 is 14.0 Å². The Labute approximate surface area is 211 Å². The first-order valence-electron chi connectivity index (χ1n) is 11.8. The number of amides is 2. The van der Waals surface area contributed by atoms with Gasteiger partial charge in [-0.2, -0.15) is 0 Å². The van der Waals surface area contributed by atoms with Crippen LogP contribution in [0, 0.1) is 12.7 Å². The van der Waals surface area contributed by atoms with Crippen molar-refractivity contribution in [2.45, 2.75) is 51.6 Å². The molecule has 0 saturated heterocycles. The predicted molar refractivity (Wildman–Crippen MR) is 142 cm³/mol. The number of benzene rings is 3. The molecule has 184 valence electrons. The highest BCUT2D eigenvalue weighted by Crippen LogP contribution is 2.19. The minimum absolute atomic E-state index is 0.0371. The summed E-state index contributed by atoms with van der Waals surface area (Å²) in [5.41, 5.74) is 4.06. The number of nitrogens with zero attached hydrogens (tertiary/aromatic N) is 1. The third-order valence-electron chi connectivity index (χ3n) is 5.58. The van der Waals surface area contributed by atoms with E-state index < -0.39 is 6.04 Å². The van der Waals surface area contributed by atoms with E-state index in [1.54, 1.807) is 17.0 Å². The monoisotopic (exact) mass is 492 g/mol. The molecule has 0 aliphatic heterocycles. The Kier molecular flexibility index (Phi) is 9.91. The number of nitrogens with one attached hydrogen (secondary N) is 1. The molecule has 0 heterocycles. The highest BCUT2D eigenvalue weighted by molar-refractivity contribution is 7.99. The molecule has 6 heteroatoms. The molecule has 0 radical (unpaired) electrons. The van der Waals surface area contributed by atoms with Gasteiger partial charge in [-0.05, 0) is 49.6 Å². The average molecular weight is 493 g/mol. The molecular weight excluding hydrogens is 459 g/mol. The maximum atomic E-state index is 13.5. The molecule has 0 fully saturated rings. The number of rotatable bonds is 11. The third kappa shape index (κ3) is 8.55. The van der Waals surface area contributed by atoms with Gasteiger partial charge in [0.15, 0.2) is 0 Å². The van der Waals surface area contributed by atoms with Crippen LogP contribution >= 0.6 is 11.8 Å². The fraction of sp³-hybridized carbons (Fsp3) is 0.310. The number of hydrogen-bond donors (Lipinski definition) is 1. The van der Waals surface area contributed by atoms with Gasteiger partial charge in [0.1, 0.15) is 11.9 Å². The Balaban J connectivity index is 1.83. The summed E-state index contributed by atoms with van der Waals surface area (Å²) in [6.45, 7) is 6.20.